The second kappa shape index (κ2) is 5.46. The first-order valence-corrected chi connectivity index (χ1v) is 6.61. The summed E-state index contributed by atoms with van der Waals surface area (Å²) in [4.78, 5) is 15.1. The zero-order valence-electron chi connectivity index (χ0n) is 10.8. The summed E-state index contributed by atoms with van der Waals surface area (Å²) in [6.07, 6.45) is 2.91. The molecular weight excluding hydrogens is 292 g/mol. The van der Waals surface area contributed by atoms with E-state index in [9.17, 15) is 4.79 Å². The number of aromatic nitrogens is 1. The van der Waals surface area contributed by atoms with Gasteiger partial charge in [0.25, 0.3) is 0 Å². The normalized spacial score (nSPS) is 10.7. The van der Waals surface area contributed by atoms with E-state index in [4.69, 9.17) is 21.1 Å². The number of rotatable bonds is 4. The summed E-state index contributed by atoms with van der Waals surface area (Å²) in [6, 6.07) is 8.83. The number of hydrogen-bond acceptors (Lipinski definition) is 4. The maximum atomic E-state index is 10.8. The highest BCUT2D eigenvalue weighted by Gasteiger charge is 2.09. The number of carboxylic acid groups (broad SMARTS) is 1. The Morgan fingerprint density at radius 2 is 2.24 bits per heavy atom. The number of halogens is 1. The molecule has 0 saturated heterocycles. The maximum Gasteiger partial charge on any atom is 0.338 e. The third-order valence-electron chi connectivity index (χ3n) is 3.07. The summed E-state index contributed by atoms with van der Waals surface area (Å²) in [5, 5.41) is 13.5. The molecule has 3 rings (SSSR count). The van der Waals surface area contributed by atoms with Crippen molar-refractivity contribution in [1.82, 2.24) is 4.98 Å². The molecule has 21 heavy (non-hydrogen) atoms. The number of furan rings is 1. The molecule has 0 amide bonds. The minimum atomic E-state index is -1.01. The van der Waals surface area contributed by atoms with E-state index in [-0.39, 0.29) is 5.56 Å². The molecule has 0 bridgehead atoms. The van der Waals surface area contributed by atoms with E-state index < -0.39 is 5.97 Å². The lowest BCUT2D eigenvalue weighted by Gasteiger charge is -2.08. The van der Waals surface area contributed by atoms with Crippen LogP contribution < -0.4 is 5.32 Å². The predicted octanol–water partition coefficient (Wildman–Crippen LogP) is 3.79. The molecule has 0 radical (unpaired) electrons. The van der Waals surface area contributed by atoms with E-state index in [2.05, 4.69) is 10.3 Å². The first-order chi connectivity index (χ1) is 10.1. The number of carboxylic acids is 1. The van der Waals surface area contributed by atoms with Crippen LogP contribution in [0, 0.1) is 0 Å². The van der Waals surface area contributed by atoms with Gasteiger partial charge in [0.1, 0.15) is 12.0 Å². The fraction of sp³-hybridized carbons (Fsp3) is 0.0667. The lowest BCUT2D eigenvalue weighted by Crippen LogP contribution is -2.00. The Morgan fingerprint density at radius 3 is 3.00 bits per heavy atom. The van der Waals surface area contributed by atoms with Crippen LogP contribution in [-0.4, -0.2) is 16.1 Å². The predicted molar refractivity (Wildman–Crippen MR) is 79.7 cm³/mol. The summed E-state index contributed by atoms with van der Waals surface area (Å²) in [5.41, 5.74) is 1.70. The highest BCUT2D eigenvalue weighted by molar-refractivity contribution is 6.35. The van der Waals surface area contributed by atoms with Gasteiger partial charge in [-0.1, -0.05) is 11.6 Å². The molecule has 0 saturated carbocycles. The highest BCUT2D eigenvalue weighted by atomic mass is 35.5. The first kappa shape index (κ1) is 13.5. The van der Waals surface area contributed by atoms with Gasteiger partial charge < -0.3 is 14.8 Å². The van der Waals surface area contributed by atoms with Crippen molar-refractivity contribution in [2.75, 3.05) is 5.32 Å². The fourth-order valence-electron chi connectivity index (χ4n) is 2.05. The molecule has 1 aromatic carbocycles. The van der Waals surface area contributed by atoms with E-state index in [1.54, 1.807) is 12.3 Å². The summed E-state index contributed by atoms with van der Waals surface area (Å²) < 4.78 is 5.19. The van der Waals surface area contributed by atoms with Gasteiger partial charge in [-0.3, -0.25) is 4.98 Å². The van der Waals surface area contributed by atoms with Crippen molar-refractivity contribution in [1.29, 1.82) is 0 Å². The van der Waals surface area contributed by atoms with Gasteiger partial charge in [-0.05, 0) is 30.3 Å². The van der Waals surface area contributed by atoms with E-state index in [0.29, 0.717) is 17.3 Å². The van der Waals surface area contributed by atoms with Gasteiger partial charge >= 0.3 is 5.97 Å². The van der Waals surface area contributed by atoms with E-state index in [1.807, 2.05) is 18.2 Å². The highest BCUT2D eigenvalue weighted by Crippen LogP contribution is 2.28. The third kappa shape index (κ3) is 2.68. The quantitative estimate of drug-likeness (QED) is 0.767. The average molecular weight is 303 g/mol. The standard InChI is InChI=1S/C15H11ClN2O3/c16-12-3-4-13(14-11(12)2-1-5-17-14)18-7-10-6-9(8-21-10)15(19)20/h1-6,8,18H,7H2,(H,19,20). The molecule has 0 spiro atoms. The number of fused-ring (bicyclic) bond motifs is 1. The fourth-order valence-corrected chi connectivity index (χ4v) is 2.26. The summed E-state index contributed by atoms with van der Waals surface area (Å²) in [5.74, 6) is -0.477. The van der Waals surface area contributed by atoms with Crippen LogP contribution in [0.4, 0.5) is 5.69 Å². The summed E-state index contributed by atoms with van der Waals surface area (Å²) in [7, 11) is 0. The largest absolute Gasteiger partial charge is 0.478 e. The Balaban J connectivity index is 1.85. The maximum absolute atomic E-state index is 10.8. The van der Waals surface area contributed by atoms with Crippen molar-refractivity contribution in [2.24, 2.45) is 0 Å². The molecule has 0 aliphatic carbocycles. The Kier molecular flexibility index (Phi) is 3.50. The molecule has 6 heteroatoms. The van der Waals surface area contributed by atoms with E-state index in [1.165, 1.54) is 12.3 Å². The van der Waals surface area contributed by atoms with Gasteiger partial charge in [-0.15, -0.1) is 0 Å². The number of pyridine rings is 1. The second-order valence-corrected chi connectivity index (χ2v) is 4.86. The van der Waals surface area contributed by atoms with Gasteiger partial charge in [-0.25, -0.2) is 4.79 Å². The molecule has 106 valence electrons. The first-order valence-electron chi connectivity index (χ1n) is 6.23. The van der Waals surface area contributed by atoms with Crippen LogP contribution in [0.3, 0.4) is 0 Å². The number of carbonyl (C=O) groups is 1. The van der Waals surface area contributed by atoms with Gasteiger partial charge in [-0.2, -0.15) is 0 Å². The Labute approximate surface area is 125 Å². The molecule has 2 N–H and O–H groups in total. The molecule has 0 aliphatic heterocycles. The van der Waals surface area contributed by atoms with Crippen molar-refractivity contribution < 1.29 is 14.3 Å². The topological polar surface area (TPSA) is 75.4 Å². The smallest absolute Gasteiger partial charge is 0.338 e. The molecular formula is C15H11ClN2O3. The summed E-state index contributed by atoms with van der Waals surface area (Å²) in [6.45, 7) is 0.362. The Bertz CT molecular complexity index is 814. The second-order valence-electron chi connectivity index (χ2n) is 4.45. The number of anilines is 1. The van der Waals surface area contributed by atoms with Crippen LogP contribution in [0.25, 0.3) is 10.9 Å². The number of nitrogens with zero attached hydrogens (tertiary/aromatic N) is 1. The monoisotopic (exact) mass is 302 g/mol. The van der Waals surface area contributed by atoms with Gasteiger partial charge in [0, 0.05) is 11.6 Å². The SMILES string of the molecule is O=C(O)c1coc(CNc2ccc(Cl)c3cccnc23)c1. The number of hydrogen-bond donors (Lipinski definition) is 2. The molecule has 5 nitrogen and oxygen atoms in total. The van der Waals surface area contributed by atoms with Crippen LogP contribution in [-0.2, 0) is 6.54 Å². The number of benzene rings is 1. The van der Waals surface area contributed by atoms with Crippen LogP contribution in [0.5, 0.6) is 0 Å². The van der Waals surface area contributed by atoms with Crippen molar-refractivity contribution in [3.05, 3.63) is 59.1 Å². The molecule has 3 aromatic rings. The lowest BCUT2D eigenvalue weighted by atomic mass is 10.2. The average Bonchev–Trinajstić information content (AvgIpc) is 2.96. The van der Waals surface area contributed by atoms with Crippen molar-refractivity contribution >= 4 is 34.2 Å². The van der Waals surface area contributed by atoms with Gasteiger partial charge in [0.05, 0.1) is 28.3 Å². The molecule has 0 aliphatic rings. The third-order valence-corrected chi connectivity index (χ3v) is 3.40. The number of nitrogens with one attached hydrogen (secondary N) is 1. The molecule has 2 aromatic heterocycles. The van der Waals surface area contributed by atoms with Gasteiger partial charge in [0.2, 0.25) is 0 Å². The zero-order valence-corrected chi connectivity index (χ0v) is 11.6. The zero-order chi connectivity index (χ0) is 14.8. The summed E-state index contributed by atoms with van der Waals surface area (Å²) >= 11 is 6.13. The van der Waals surface area contributed by atoms with Crippen molar-refractivity contribution in [2.45, 2.75) is 6.54 Å². The van der Waals surface area contributed by atoms with Crippen LogP contribution in [0.15, 0.2) is 47.2 Å². The number of aromatic carboxylic acids is 1. The minimum Gasteiger partial charge on any atom is -0.478 e. The molecule has 0 fully saturated rings. The molecule has 0 unspecified atom stereocenters. The van der Waals surface area contributed by atoms with Crippen molar-refractivity contribution in [3.8, 4) is 0 Å². The minimum absolute atomic E-state index is 0.130. The van der Waals surface area contributed by atoms with Crippen LogP contribution >= 0.6 is 11.6 Å². The van der Waals surface area contributed by atoms with E-state index in [0.717, 1.165) is 16.6 Å². The lowest BCUT2D eigenvalue weighted by molar-refractivity contribution is 0.0696. The Morgan fingerprint density at radius 1 is 1.38 bits per heavy atom. The Hall–Kier alpha value is -2.53. The van der Waals surface area contributed by atoms with Crippen molar-refractivity contribution in [3.63, 3.8) is 0 Å². The molecule has 0 atom stereocenters. The van der Waals surface area contributed by atoms with Crippen LogP contribution in [0.2, 0.25) is 5.02 Å². The molecule has 2 heterocycles. The van der Waals surface area contributed by atoms with Crippen LogP contribution in [0.1, 0.15) is 16.1 Å². The van der Waals surface area contributed by atoms with Gasteiger partial charge in [0.15, 0.2) is 0 Å². The van der Waals surface area contributed by atoms with E-state index >= 15 is 0 Å².